The van der Waals surface area contributed by atoms with Crippen LogP contribution in [-0.4, -0.2) is 9.38 Å². The third kappa shape index (κ3) is 2.08. The van der Waals surface area contributed by atoms with E-state index < -0.39 is 0 Å². The second kappa shape index (κ2) is 4.24. The molecule has 3 rings (SSSR count). The molecular weight excluding hydrogens is 240 g/mol. The highest BCUT2D eigenvalue weighted by atomic mass is 16.1. The van der Waals surface area contributed by atoms with Crippen LogP contribution in [0, 0.1) is 6.92 Å². The first-order chi connectivity index (χ1) is 9.13. The van der Waals surface area contributed by atoms with Crippen LogP contribution in [0.25, 0.3) is 16.9 Å². The van der Waals surface area contributed by atoms with Crippen molar-refractivity contribution in [2.75, 3.05) is 0 Å². The summed E-state index contributed by atoms with van der Waals surface area (Å²) in [6.45, 7) is 2.01. The van der Waals surface area contributed by atoms with Crippen molar-refractivity contribution in [3.8, 4) is 11.3 Å². The fourth-order valence-corrected chi connectivity index (χ4v) is 2.02. The zero-order valence-corrected chi connectivity index (χ0v) is 10.4. The number of nitrogens with one attached hydrogen (secondary N) is 1. The van der Waals surface area contributed by atoms with Gasteiger partial charge in [0.1, 0.15) is 5.65 Å². The molecule has 0 atom stereocenters. The van der Waals surface area contributed by atoms with Crippen molar-refractivity contribution in [3.63, 3.8) is 0 Å². The fourth-order valence-electron chi connectivity index (χ4n) is 2.02. The van der Waals surface area contributed by atoms with E-state index in [0.29, 0.717) is 11.3 Å². The molecule has 0 bridgehead atoms. The molecule has 0 radical (unpaired) electrons. The predicted molar refractivity (Wildman–Crippen MR) is 74.5 cm³/mol. The van der Waals surface area contributed by atoms with Gasteiger partial charge < -0.3 is 4.98 Å². The van der Waals surface area contributed by atoms with Gasteiger partial charge in [-0.1, -0.05) is 29.8 Å². The minimum atomic E-state index is -0.163. The second-order valence-corrected chi connectivity index (χ2v) is 4.50. The number of aromatic nitrogens is 2. The zero-order valence-electron chi connectivity index (χ0n) is 10.4. The SMILES string of the molecule is Cc1ccc(-c2cc(=O)n3ccc(=O)cc3[nH]2)cc1. The second-order valence-electron chi connectivity index (χ2n) is 4.50. The quantitative estimate of drug-likeness (QED) is 0.719. The number of rotatable bonds is 1. The van der Waals surface area contributed by atoms with E-state index in [0.717, 1.165) is 11.1 Å². The van der Waals surface area contributed by atoms with E-state index in [4.69, 9.17) is 0 Å². The monoisotopic (exact) mass is 252 g/mol. The number of aromatic amines is 1. The largest absolute Gasteiger partial charge is 0.341 e. The summed E-state index contributed by atoms with van der Waals surface area (Å²) in [5, 5.41) is 0. The molecule has 19 heavy (non-hydrogen) atoms. The molecular formula is C15H12N2O2. The minimum absolute atomic E-state index is 0.128. The Morgan fingerprint density at radius 2 is 1.74 bits per heavy atom. The van der Waals surface area contributed by atoms with Crippen LogP contribution in [0.2, 0.25) is 0 Å². The van der Waals surface area contributed by atoms with Crippen molar-refractivity contribution < 1.29 is 0 Å². The van der Waals surface area contributed by atoms with Crippen LogP contribution in [0.4, 0.5) is 0 Å². The first kappa shape index (κ1) is 11.5. The van der Waals surface area contributed by atoms with Crippen molar-refractivity contribution in [1.29, 1.82) is 0 Å². The first-order valence-electron chi connectivity index (χ1n) is 5.96. The van der Waals surface area contributed by atoms with Crippen LogP contribution in [0.1, 0.15) is 5.56 Å². The van der Waals surface area contributed by atoms with Gasteiger partial charge in [0.25, 0.3) is 5.56 Å². The molecule has 0 fully saturated rings. The molecule has 0 aliphatic carbocycles. The minimum Gasteiger partial charge on any atom is -0.341 e. The standard InChI is InChI=1S/C15H12N2O2/c1-10-2-4-11(5-3-10)13-9-15(19)17-7-6-12(18)8-14(17)16-13/h2-9,16H,1H3. The van der Waals surface area contributed by atoms with E-state index in [-0.39, 0.29) is 11.0 Å². The number of nitrogens with zero attached hydrogens (tertiary/aromatic N) is 1. The molecule has 1 aromatic carbocycles. The van der Waals surface area contributed by atoms with E-state index in [9.17, 15) is 9.59 Å². The van der Waals surface area contributed by atoms with Gasteiger partial charge in [-0.3, -0.25) is 14.0 Å². The van der Waals surface area contributed by atoms with Crippen molar-refractivity contribution in [2.24, 2.45) is 0 Å². The van der Waals surface area contributed by atoms with Gasteiger partial charge in [-0.05, 0) is 12.5 Å². The summed E-state index contributed by atoms with van der Waals surface area (Å²) < 4.78 is 1.42. The molecule has 0 saturated carbocycles. The smallest absolute Gasteiger partial charge is 0.258 e. The Labute approximate surface area is 109 Å². The van der Waals surface area contributed by atoms with E-state index in [1.807, 2.05) is 31.2 Å². The van der Waals surface area contributed by atoms with Gasteiger partial charge in [-0.2, -0.15) is 0 Å². The normalized spacial score (nSPS) is 10.8. The Kier molecular flexibility index (Phi) is 2.56. The number of H-pyrrole nitrogens is 1. The van der Waals surface area contributed by atoms with Crippen LogP contribution in [0.5, 0.6) is 0 Å². The van der Waals surface area contributed by atoms with E-state index in [2.05, 4.69) is 4.98 Å². The number of hydrogen-bond donors (Lipinski definition) is 1. The highest BCUT2D eigenvalue weighted by Crippen LogP contribution is 2.16. The van der Waals surface area contributed by atoms with Gasteiger partial charge in [0, 0.05) is 24.4 Å². The van der Waals surface area contributed by atoms with Gasteiger partial charge in [0.05, 0.1) is 5.69 Å². The van der Waals surface area contributed by atoms with Crippen LogP contribution in [0.3, 0.4) is 0 Å². The van der Waals surface area contributed by atoms with E-state index in [1.54, 1.807) is 0 Å². The van der Waals surface area contributed by atoms with Crippen LogP contribution < -0.4 is 11.0 Å². The summed E-state index contributed by atoms with van der Waals surface area (Å²) in [5.74, 6) is 0. The molecule has 0 aliphatic heterocycles. The molecule has 0 saturated heterocycles. The van der Waals surface area contributed by atoms with Gasteiger partial charge in [0.2, 0.25) is 0 Å². The predicted octanol–water partition coefficient (Wildman–Crippen LogP) is 1.96. The molecule has 1 N–H and O–H groups in total. The molecule has 2 heterocycles. The summed E-state index contributed by atoms with van der Waals surface area (Å²) in [6, 6.07) is 12.2. The maximum absolute atomic E-state index is 12.0. The summed E-state index contributed by atoms with van der Waals surface area (Å²) in [6.07, 6.45) is 1.48. The molecule has 0 spiro atoms. The molecule has 2 aromatic heterocycles. The van der Waals surface area contributed by atoms with Gasteiger partial charge in [0.15, 0.2) is 5.43 Å². The van der Waals surface area contributed by atoms with Crippen molar-refractivity contribution in [2.45, 2.75) is 6.92 Å². The maximum atomic E-state index is 12.0. The molecule has 4 nitrogen and oxygen atoms in total. The Morgan fingerprint density at radius 1 is 1.00 bits per heavy atom. The van der Waals surface area contributed by atoms with Crippen molar-refractivity contribution in [3.05, 3.63) is 74.8 Å². The first-order valence-corrected chi connectivity index (χ1v) is 5.96. The van der Waals surface area contributed by atoms with Crippen molar-refractivity contribution in [1.82, 2.24) is 9.38 Å². The van der Waals surface area contributed by atoms with Crippen LogP contribution >= 0.6 is 0 Å². The summed E-state index contributed by atoms with van der Waals surface area (Å²) in [5.41, 5.74) is 2.98. The highest BCUT2D eigenvalue weighted by Gasteiger charge is 2.03. The average Bonchev–Trinajstić information content (AvgIpc) is 2.38. The Hall–Kier alpha value is -2.62. The third-order valence-electron chi connectivity index (χ3n) is 3.06. The van der Waals surface area contributed by atoms with E-state index in [1.165, 1.54) is 28.8 Å². The lowest BCUT2D eigenvalue weighted by Gasteiger charge is -2.05. The number of benzene rings is 1. The molecule has 0 unspecified atom stereocenters. The number of fused-ring (bicyclic) bond motifs is 1. The lowest BCUT2D eigenvalue weighted by molar-refractivity contribution is 1.04. The van der Waals surface area contributed by atoms with Crippen LogP contribution in [-0.2, 0) is 0 Å². The highest BCUT2D eigenvalue weighted by molar-refractivity contribution is 5.61. The topological polar surface area (TPSA) is 54.3 Å². The number of pyridine rings is 1. The lowest BCUT2D eigenvalue weighted by Crippen LogP contribution is -2.16. The molecule has 4 heteroatoms. The Balaban J connectivity index is 2.28. The summed E-state index contributed by atoms with van der Waals surface area (Å²) in [7, 11) is 0. The molecule has 0 amide bonds. The summed E-state index contributed by atoms with van der Waals surface area (Å²) in [4.78, 5) is 26.5. The average molecular weight is 252 g/mol. The fraction of sp³-hybridized carbons (Fsp3) is 0.0667. The molecule has 0 aliphatic rings. The van der Waals surface area contributed by atoms with Crippen molar-refractivity contribution >= 4 is 5.65 Å². The molecule has 94 valence electrons. The number of hydrogen-bond acceptors (Lipinski definition) is 2. The Morgan fingerprint density at radius 3 is 2.47 bits per heavy atom. The van der Waals surface area contributed by atoms with Gasteiger partial charge >= 0.3 is 0 Å². The van der Waals surface area contributed by atoms with Gasteiger partial charge in [-0.25, -0.2) is 0 Å². The van der Waals surface area contributed by atoms with Gasteiger partial charge in [-0.15, -0.1) is 0 Å². The van der Waals surface area contributed by atoms with E-state index >= 15 is 0 Å². The Bertz CT molecular complexity index is 858. The lowest BCUT2D eigenvalue weighted by atomic mass is 10.1. The third-order valence-corrected chi connectivity index (χ3v) is 3.06. The maximum Gasteiger partial charge on any atom is 0.258 e. The zero-order chi connectivity index (χ0) is 13.4. The summed E-state index contributed by atoms with van der Waals surface area (Å²) >= 11 is 0. The number of aryl methyl sites for hydroxylation is 1. The molecule has 3 aromatic rings. The van der Waals surface area contributed by atoms with Crippen LogP contribution in [0.15, 0.2) is 58.3 Å².